The van der Waals surface area contributed by atoms with Gasteiger partial charge in [0.05, 0.1) is 33.3 Å². The first kappa shape index (κ1) is 18.2. The van der Waals surface area contributed by atoms with Gasteiger partial charge in [0, 0.05) is 5.69 Å². The van der Waals surface area contributed by atoms with E-state index < -0.39 is 6.09 Å². The van der Waals surface area contributed by atoms with Crippen molar-refractivity contribution in [1.29, 1.82) is 0 Å². The van der Waals surface area contributed by atoms with Crippen LogP contribution >= 0.6 is 23.2 Å². The Morgan fingerprint density at radius 3 is 2.65 bits per heavy atom. The van der Waals surface area contributed by atoms with Crippen LogP contribution in [0.4, 0.5) is 10.5 Å². The maximum absolute atomic E-state index is 13.0. The molecule has 2 N–H and O–H groups in total. The van der Waals surface area contributed by atoms with Crippen LogP contribution in [0, 0.1) is 0 Å². The second kappa shape index (κ2) is 7.35. The third-order valence-electron chi connectivity index (χ3n) is 4.08. The van der Waals surface area contributed by atoms with E-state index in [9.17, 15) is 9.59 Å². The molecule has 26 heavy (non-hydrogen) atoms. The Morgan fingerprint density at radius 2 is 2.00 bits per heavy atom. The van der Waals surface area contributed by atoms with E-state index in [4.69, 9.17) is 28.3 Å². The number of nitrogens with one attached hydrogen (secondary N) is 1. The third-order valence-corrected chi connectivity index (χ3v) is 4.82. The minimum atomic E-state index is -1.20. The van der Waals surface area contributed by atoms with E-state index in [-0.39, 0.29) is 11.6 Å². The normalized spacial score (nSPS) is 12.1. The number of anilines is 1. The smallest absolute Gasteiger partial charge is 0.409 e. The number of fused-ring (bicyclic) bond motifs is 1. The lowest BCUT2D eigenvalue weighted by atomic mass is 10.0. The topological polar surface area (TPSA) is 84.2 Å². The molecule has 6 nitrogen and oxygen atoms in total. The van der Waals surface area contributed by atoms with Crippen LogP contribution in [-0.4, -0.2) is 20.8 Å². The van der Waals surface area contributed by atoms with Crippen molar-refractivity contribution in [3.05, 3.63) is 68.7 Å². The van der Waals surface area contributed by atoms with Gasteiger partial charge in [-0.05, 0) is 42.3 Å². The number of hydrogen-bond acceptors (Lipinski definition) is 3. The van der Waals surface area contributed by atoms with E-state index in [2.05, 4.69) is 10.3 Å². The Labute approximate surface area is 159 Å². The molecule has 134 valence electrons. The van der Waals surface area contributed by atoms with Gasteiger partial charge < -0.3 is 5.11 Å². The SMILES string of the molecule is CCC(c1ccc(Cl)c(Cl)c1)n1cnc2ccc(NC(=O)O)cc2c1=O. The largest absolute Gasteiger partial charge is 0.465 e. The van der Waals surface area contributed by atoms with Crippen LogP contribution < -0.4 is 10.9 Å². The predicted octanol–water partition coefficient (Wildman–Crippen LogP) is 4.79. The van der Waals surface area contributed by atoms with Gasteiger partial charge in [-0.2, -0.15) is 0 Å². The van der Waals surface area contributed by atoms with Crippen molar-refractivity contribution >= 4 is 45.9 Å². The summed E-state index contributed by atoms with van der Waals surface area (Å²) in [6.07, 6.45) is 0.930. The van der Waals surface area contributed by atoms with Gasteiger partial charge in [-0.25, -0.2) is 9.78 Å². The van der Waals surface area contributed by atoms with Crippen molar-refractivity contribution in [2.75, 3.05) is 5.32 Å². The van der Waals surface area contributed by atoms with Gasteiger partial charge in [0.15, 0.2) is 0 Å². The van der Waals surface area contributed by atoms with E-state index in [1.54, 1.807) is 24.3 Å². The Kier molecular flexibility index (Phi) is 5.15. The number of rotatable bonds is 4. The number of amides is 1. The second-order valence-electron chi connectivity index (χ2n) is 5.72. The molecular weight excluding hydrogens is 377 g/mol. The highest BCUT2D eigenvalue weighted by molar-refractivity contribution is 6.42. The number of hydrogen-bond donors (Lipinski definition) is 2. The number of benzene rings is 2. The maximum atomic E-state index is 13.0. The van der Waals surface area contributed by atoms with Crippen LogP contribution in [0.5, 0.6) is 0 Å². The lowest BCUT2D eigenvalue weighted by molar-refractivity contribution is 0.210. The fraction of sp³-hybridized carbons (Fsp3) is 0.167. The summed E-state index contributed by atoms with van der Waals surface area (Å²) in [5, 5.41) is 12.3. The zero-order valence-electron chi connectivity index (χ0n) is 13.7. The maximum Gasteiger partial charge on any atom is 0.409 e. The number of nitrogens with zero attached hydrogens (tertiary/aromatic N) is 2. The molecule has 1 heterocycles. The minimum Gasteiger partial charge on any atom is -0.465 e. The molecule has 0 saturated heterocycles. The molecule has 2 aromatic carbocycles. The molecule has 0 radical (unpaired) electrons. The summed E-state index contributed by atoms with van der Waals surface area (Å²) < 4.78 is 1.52. The summed E-state index contributed by atoms with van der Waals surface area (Å²) in [6.45, 7) is 1.95. The van der Waals surface area contributed by atoms with Crippen LogP contribution in [-0.2, 0) is 0 Å². The molecule has 3 rings (SSSR count). The van der Waals surface area contributed by atoms with Crippen LogP contribution in [0.2, 0.25) is 10.0 Å². The Morgan fingerprint density at radius 1 is 1.23 bits per heavy atom. The average molecular weight is 392 g/mol. The fourth-order valence-corrected chi connectivity index (χ4v) is 3.18. The van der Waals surface area contributed by atoms with Gasteiger partial charge in [0.1, 0.15) is 0 Å². The summed E-state index contributed by atoms with van der Waals surface area (Å²) in [7, 11) is 0. The molecule has 3 aromatic rings. The molecule has 0 bridgehead atoms. The fourth-order valence-electron chi connectivity index (χ4n) is 2.87. The molecule has 0 aliphatic carbocycles. The lowest BCUT2D eigenvalue weighted by Gasteiger charge is -2.19. The summed E-state index contributed by atoms with van der Waals surface area (Å²) in [5.74, 6) is 0. The molecule has 0 saturated carbocycles. The second-order valence-corrected chi connectivity index (χ2v) is 6.53. The molecule has 1 aromatic heterocycles. The van der Waals surface area contributed by atoms with Crippen molar-refractivity contribution in [2.24, 2.45) is 0 Å². The zero-order chi connectivity index (χ0) is 18.8. The van der Waals surface area contributed by atoms with E-state index in [1.165, 1.54) is 17.0 Å². The van der Waals surface area contributed by atoms with Gasteiger partial charge in [-0.1, -0.05) is 36.2 Å². The monoisotopic (exact) mass is 391 g/mol. The van der Waals surface area contributed by atoms with Crippen LogP contribution in [0.1, 0.15) is 24.9 Å². The van der Waals surface area contributed by atoms with Gasteiger partial charge in [0.2, 0.25) is 0 Å². The molecule has 0 spiro atoms. The molecule has 1 atom stereocenters. The molecule has 1 amide bonds. The summed E-state index contributed by atoms with van der Waals surface area (Å²) in [4.78, 5) is 28.1. The van der Waals surface area contributed by atoms with Gasteiger partial charge in [-0.15, -0.1) is 0 Å². The average Bonchev–Trinajstić information content (AvgIpc) is 2.60. The highest BCUT2D eigenvalue weighted by Crippen LogP contribution is 2.28. The van der Waals surface area contributed by atoms with Crippen molar-refractivity contribution in [1.82, 2.24) is 9.55 Å². The van der Waals surface area contributed by atoms with Gasteiger partial charge in [0.25, 0.3) is 5.56 Å². The van der Waals surface area contributed by atoms with E-state index in [0.717, 1.165) is 5.56 Å². The predicted molar refractivity (Wildman–Crippen MR) is 103 cm³/mol. The highest BCUT2D eigenvalue weighted by atomic mass is 35.5. The molecular formula is C18H15Cl2N3O3. The summed E-state index contributed by atoms with van der Waals surface area (Å²) in [5.41, 5.74) is 1.38. The van der Waals surface area contributed by atoms with Crippen molar-refractivity contribution < 1.29 is 9.90 Å². The molecule has 0 aliphatic heterocycles. The molecule has 8 heteroatoms. The zero-order valence-corrected chi connectivity index (χ0v) is 15.3. The minimum absolute atomic E-state index is 0.262. The van der Waals surface area contributed by atoms with Gasteiger partial charge in [-0.3, -0.25) is 14.7 Å². The Balaban J connectivity index is 2.13. The number of carboxylic acid groups (broad SMARTS) is 1. The molecule has 1 unspecified atom stereocenters. The van der Waals surface area contributed by atoms with E-state index in [0.29, 0.717) is 33.1 Å². The van der Waals surface area contributed by atoms with Gasteiger partial charge >= 0.3 is 6.09 Å². The van der Waals surface area contributed by atoms with Crippen molar-refractivity contribution in [3.8, 4) is 0 Å². The van der Waals surface area contributed by atoms with E-state index >= 15 is 0 Å². The van der Waals surface area contributed by atoms with Crippen LogP contribution in [0.3, 0.4) is 0 Å². The quantitative estimate of drug-likeness (QED) is 0.669. The molecule has 0 fully saturated rings. The first-order valence-corrected chi connectivity index (χ1v) is 8.62. The standard InChI is InChI=1S/C18H15Cl2N3O3/c1-2-16(10-3-5-13(19)14(20)7-10)23-9-21-15-6-4-11(22-18(25)26)8-12(15)17(23)24/h3-9,16,22H,2H2,1H3,(H,25,26). The number of aromatic nitrogens is 2. The molecule has 0 aliphatic rings. The first-order valence-electron chi connectivity index (χ1n) is 7.86. The number of carbonyl (C=O) groups is 1. The van der Waals surface area contributed by atoms with Crippen molar-refractivity contribution in [2.45, 2.75) is 19.4 Å². The summed E-state index contributed by atoms with van der Waals surface area (Å²) >= 11 is 12.1. The van der Waals surface area contributed by atoms with E-state index in [1.807, 2.05) is 13.0 Å². The third kappa shape index (κ3) is 3.52. The summed E-state index contributed by atoms with van der Waals surface area (Å²) in [6, 6.07) is 9.62. The highest BCUT2D eigenvalue weighted by Gasteiger charge is 2.16. The Bertz CT molecular complexity index is 1050. The van der Waals surface area contributed by atoms with Crippen LogP contribution in [0.15, 0.2) is 47.5 Å². The lowest BCUT2D eigenvalue weighted by Crippen LogP contribution is -2.25. The first-order chi connectivity index (χ1) is 12.4. The Hall–Kier alpha value is -2.57. The van der Waals surface area contributed by atoms with Crippen LogP contribution in [0.25, 0.3) is 10.9 Å². The number of halogens is 2. The van der Waals surface area contributed by atoms with Crippen molar-refractivity contribution in [3.63, 3.8) is 0 Å².